The number of rotatable bonds is 6. The number of benzene rings is 2. The lowest BCUT2D eigenvalue weighted by atomic mass is 10.0. The third-order valence-electron chi connectivity index (χ3n) is 4.52. The summed E-state index contributed by atoms with van der Waals surface area (Å²) in [5.74, 6) is 0.483. The van der Waals surface area contributed by atoms with E-state index in [0.29, 0.717) is 17.1 Å². The van der Waals surface area contributed by atoms with Crippen LogP contribution < -0.4 is 15.4 Å². The Kier molecular flexibility index (Phi) is 5.94. The van der Waals surface area contributed by atoms with Crippen molar-refractivity contribution < 1.29 is 9.53 Å². The van der Waals surface area contributed by atoms with Crippen molar-refractivity contribution in [2.45, 2.75) is 20.8 Å². The molecule has 0 radical (unpaired) electrons. The molecule has 28 heavy (non-hydrogen) atoms. The predicted octanol–water partition coefficient (Wildman–Crippen LogP) is 4.84. The summed E-state index contributed by atoms with van der Waals surface area (Å²) in [6.07, 6.45) is 3.40. The average molecular weight is 375 g/mol. The topological polar surface area (TPSA) is 62.7 Å². The summed E-state index contributed by atoms with van der Waals surface area (Å²) in [6, 6.07) is 13.7. The van der Waals surface area contributed by atoms with Gasteiger partial charge < -0.3 is 15.4 Å². The molecule has 0 unspecified atom stereocenters. The summed E-state index contributed by atoms with van der Waals surface area (Å²) in [6.45, 7) is 6.78. The van der Waals surface area contributed by atoms with Crippen LogP contribution >= 0.6 is 0 Å². The van der Waals surface area contributed by atoms with Crippen LogP contribution in [0.15, 0.2) is 70.9 Å². The van der Waals surface area contributed by atoms with E-state index in [1.54, 1.807) is 19.3 Å². The number of hydrogen-bond donors (Lipinski definition) is 2. The van der Waals surface area contributed by atoms with Crippen LogP contribution in [0.4, 0.5) is 17.1 Å². The van der Waals surface area contributed by atoms with Crippen LogP contribution in [0.2, 0.25) is 0 Å². The normalized spacial score (nSPS) is 15.1. The van der Waals surface area contributed by atoms with Gasteiger partial charge in [-0.15, -0.1) is 0 Å². The van der Waals surface area contributed by atoms with Gasteiger partial charge in [0.15, 0.2) is 0 Å². The van der Waals surface area contributed by atoms with Crippen molar-refractivity contribution in [1.82, 2.24) is 5.32 Å². The smallest absolute Gasteiger partial charge is 0.206 e. The third-order valence-corrected chi connectivity index (χ3v) is 4.52. The summed E-state index contributed by atoms with van der Waals surface area (Å²) in [4.78, 5) is 17.0. The van der Waals surface area contributed by atoms with Gasteiger partial charge in [0.05, 0.1) is 7.11 Å². The number of hydrogen-bond acceptors (Lipinski definition) is 5. The van der Waals surface area contributed by atoms with E-state index in [1.165, 1.54) is 0 Å². The molecule has 2 N–H and O–H groups in total. The SMILES string of the molecule is CCNC1=CC(=O)C(=Nc2ccc(Nc3ccccc3C)cc2OC)C=C1C. The molecular weight excluding hydrogens is 350 g/mol. The number of likely N-dealkylation sites (N-methyl/N-ethyl adjacent to an activating group) is 1. The fourth-order valence-corrected chi connectivity index (χ4v) is 2.99. The first-order chi connectivity index (χ1) is 13.5. The zero-order valence-corrected chi connectivity index (χ0v) is 16.7. The first-order valence-electron chi connectivity index (χ1n) is 9.29. The number of allylic oxidation sites excluding steroid dienone is 3. The zero-order valence-electron chi connectivity index (χ0n) is 16.7. The number of aryl methyl sites for hydroxylation is 1. The first kappa shape index (κ1) is 19.4. The van der Waals surface area contributed by atoms with Gasteiger partial charge in [0.1, 0.15) is 17.1 Å². The van der Waals surface area contributed by atoms with E-state index in [0.717, 1.165) is 34.8 Å². The van der Waals surface area contributed by atoms with E-state index in [1.807, 2.05) is 50.2 Å². The molecule has 0 saturated carbocycles. The fraction of sp³-hybridized carbons (Fsp3) is 0.217. The maximum Gasteiger partial charge on any atom is 0.206 e. The Hall–Kier alpha value is -3.34. The Morgan fingerprint density at radius 1 is 1.07 bits per heavy atom. The van der Waals surface area contributed by atoms with E-state index < -0.39 is 0 Å². The highest BCUT2D eigenvalue weighted by atomic mass is 16.5. The molecule has 0 amide bonds. The first-order valence-corrected chi connectivity index (χ1v) is 9.29. The number of aliphatic imine (C=N–C) groups is 1. The summed E-state index contributed by atoms with van der Waals surface area (Å²) in [7, 11) is 1.60. The van der Waals surface area contributed by atoms with E-state index in [-0.39, 0.29) is 5.78 Å². The highest BCUT2D eigenvalue weighted by Crippen LogP contribution is 2.33. The van der Waals surface area contributed by atoms with E-state index in [9.17, 15) is 4.79 Å². The van der Waals surface area contributed by atoms with Crippen molar-refractivity contribution in [2.24, 2.45) is 4.99 Å². The second-order valence-corrected chi connectivity index (χ2v) is 6.60. The minimum Gasteiger partial charge on any atom is -0.494 e. The monoisotopic (exact) mass is 375 g/mol. The van der Waals surface area contributed by atoms with Crippen LogP contribution in [-0.2, 0) is 4.79 Å². The lowest BCUT2D eigenvalue weighted by molar-refractivity contribution is -0.108. The predicted molar refractivity (Wildman–Crippen MR) is 115 cm³/mol. The lowest BCUT2D eigenvalue weighted by Crippen LogP contribution is -2.22. The van der Waals surface area contributed by atoms with Crippen molar-refractivity contribution in [3.05, 3.63) is 71.5 Å². The Morgan fingerprint density at radius 3 is 2.57 bits per heavy atom. The molecule has 2 aromatic carbocycles. The molecule has 0 aromatic heterocycles. The van der Waals surface area contributed by atoms with Gasteiger partial charge in [0.2, 0.25) is 5.78 Å². The van der Waals surface area contributed by atoms with Gasteiger partial charge in [-0.25, -0.2) is 4.99 Å². The van der Waals surface area contributed by atoms with Crippen LogP contribution in [-0.4, -0.2) is 25.1 Å². The van der Waals surface area contributed by atoms with Gasteiger partial charge in [0.25, 0.3) is 0 Å². The second kappa shape index (κ2) is 8.57. The Balaban J connectivity index is 1.88. The van der Waals surface area contributed by atoms with Crippen molar-refractivity contribution >= 4 is 28.6 Å². The van der Waals surface area contributed by atoms with Crippen LogP contribution in [0.5, 0.6) is 5.75 Å². The molecule has 1 aliphatic carbocycles. The quantitative estimate of drug-likeness (QED) is 0.709. The number of carbonyl (C=O) groups excluding carboxylic acids is 1. The van der Waals surface area contributed by atoms with Crippen molar-refractivity contribution in [1.29, 1.82) is 0 Å². The van der Waals surface area contributed by atoms with Crippen molar-refractivity contribution in [3.63, 3.8) is 0 Å². The molecule has 0 saturated heterocycles. The third kappa shape index (κ3) is 4.31. The van der Waals surface area contributed by atoms with Crippen molar-refractivity contribution in [3.8, 4) is 5.75 Å². The minimum atomic E-state index is -0.120. The number of ether oxygens (including phenoxy) is 1. The molecule has 1 aliphatic rings. The average Bonchev–Trinajstić information content (AvgIpc) is 2.68. The van der Waals surface area contributed by atoms with Gasteiger partial charge in [-0.05, 0) is 56.2 Å². The van der Waals surface area contributed by atoms with E-state index in [4.69, 9.17) is 4.74 Å². The maximum atomic E-state index is 12.4. The zero-order chi connectivity index (χ0) is 20.1. The molecule has 0 fully saturated rings. The number of para-hydroxylation sites is 1. The molecule has 0 atom stereocenters. The van der Waals surface area contributed by atoms with Gasteiger partial charge in [-0.3, -0.25) is 4.79 Å². The molecule has 0 spiro atoms. The van der Waals surface area contributed by atoms with Crippen LogP contribution in [0.1, 0.15) is 19.4 Å². The Morgan fingerprint density at radius 2 is 1.86 bits per heavy atom. The number of ketones is 1. The standard InChI is InChI=1S/C23H25N3O2/c1-5-24-20-14-22(27)21(12-16(20)3)26-19-11-10-17(13-23(19)28-4)25-18-9-7-6-8-15(18)2/h6-14,24-25H,5H2,1-4H3. The largest absolute Gasteiger partial charge is 0.494 e. The van der Waals surface area contributed by atoms with Crippen LogP contribution in [0.3, 0.4) is 0 Å². The Labute approximate surface area is 165 Å². The molecule has 0 aliphatic heterocycles. The molecule has 0 heterocycles. The molecular formula is C23H25N3O2. The van der Waals surface area contributed by atoms with Crippen molar-refractivity contribution in [2.75, 3.05) is 19.0 Å². The molecule has 3 rings (SSSR count). The summed E-state index contributed by atoms with van der Waals surface area (Å²) < 4.78 is 5.51. The molecule has 2 aromatic rings. The van der Waals surface area contributed by atoms with E-state index >= 15 is 0 Å². The Bertz CT molecular complexity index is 987. The number of methoxy groups -OCH3 is 1. The van der Waals surface area contributed by atoms with Gasteiger partial charge in [0, 0.05) is 35.8 Å². The molecule has 5 heteroatoms. The van der Waals surface area contributed by atoms with Gasteiger partial charge in [-0.2, -0.15) is 0 Å². The second-order valence-electron chi connectivity index (χ2n) is 6.60. The highest BCUT2D eigenvalue weighted by molar-refractivity contribution is 6.49. The summed E-state index contributed by atoms with van der Waals surface area (Å²) in [5, 5.41) is 6.58. The van der Waals surface area contributed by atoms with Gasteiger partial charge in [-0.1, -0.05) is 18.2 Å². The number of carbonyl (C=O) groups is 1. The minimum absolute atomic E-state index is 0.120. The number of anilines is 2. The molecule has 144 valence electrons. The molecule has 5 nitrogen and oxygen atoms in total. The summed E-state index contributed by atoms with van der Waals surface area (Å²) in [5.41, 5.74) is 5.93. The number of nitrogens with one attached hydrogen (secondary N) is 2. The van der Waals surface area contributed by atoms with Crippen LogP contribution in [0.25, 0.3) is 0 Å². The number of nitrogens with zero attached hydrogens (tertiary/aromatic N) is 1. The fourth-order valence-electron chi connectivity index (χ4n) is 2.99. The van der Waals surface area contributed by atoms with E-state index in [2.05, 4.69) is 28.6 Å². The highest BCUT2D eigenvalue weighted by Gasteiger charge is 2.17. The molecule has 0 bridgehead atoms. The maximum absolute atomic E-state index is 12.4. The lowest BCUT2D eigenvalue weighted by Gasteiger charge is -2.15. The van der Waals surface area contributed by atoms with Gasteiger partial charge >= 0.3 is 0 Å². The summed E-state index contributed by atoms with van der Waals surface area (Å²) >= 11 is 0. The van der Waals surface area contributed by atoms with Crippen LogP contribution in [0, 0.1) is 6.92 Å².